The molecule has 2 aromatic carbocycles. The first-order valence-electron chi connectivity index (χ1n) is 7.54. The first-order chi connectivity index (χ1) is 12.0. The third-order valence-electron chi connectivity index (χ3n) is 3.90. The maximum Gasteiger partial charge on any atom is 0.359 e. The number of carbonyl (C=O) groups is 1. The minimum atomic E-state index is -3.85. The summed E-state index contributed by atoms with van der Waals surface area (Å²) in [7, 11) is -1.34. The molecule has 2 aromatic rings. The number of esters is 1. The largest absolute Gasteiger partial charge is 0.486 e. The van der Waals surface area contributed by atoms with Crippen molar-refractivity contribution < 1.29 is 22.7 Å². The van der Waals surface area contributed by atoms with E-state index in [9.17, 15) is 13.2 Å². The normalized spacial score (nSPS) is 15.5. The molecule has 1 aliphatic rings. The second-order valence-corrected chi connectivity index (χ2v) is 7.35. The van der Waals surface area contributed by atoms with E-state index in [2.05, 4.69) is 0 Å². The predicted octanol–water partition coefficient (Wildman–Crippen LogP) is 2.38. The molecule has 1 aliphatic heterocycles. The van der Waals surface area contributed by atoms with Gasteiger partial charge in [0.25, 0.3) is 10.0 Å². The summed E-state index contributed by atoms with van der Waals surface area (Å²) < 4.78 is 36.9. The Morgan fingerprint density at radius 2 is 1.68 bits per heavy atom. The Balaban J connectivity index is 2.13. The number of likely N-dealkylation sites (N-methyl/N-ethyl adjacent to an activating group) is 1. The fraction of sp³-hybridized carbons (Fsp3) is 0.167. The van der Waals surface area contributed by atoms with Crippen LogP contribution in [0.4, 0.5) is 0 Å². The van der Waals surface area contributed by atoms with Gasteiger partial charge in [-0.3, -0.25) is 4.31 Å². The van der Waals surface area contributed by atoms with Crippen LogP contribution in [0.3, 0.4) is 0 Å². The topological polar surface area (TPSA) is 72.9 Å². The number of hydrogen-bond donors (Lipinski definition) is 0. The van der Waals surface area contributed by atoms with Gasteiger partial charge in [-0.1, -0.05) is 42.5 Å². The quantitative estimate of drug-likeness (QED) is 0.784. The third-order valence-corrected chi connectivity index (χ3v) is 5.72. The lowest BCUT2D eigenvalue weighted by Gasteiger charge is -2.29. The molecule has 25 heavy (non-hydrogen) atoms. The molecule has 0 atom stereocenters. The Hall–Kier alpha value is -2.80. The van der Waals surface area contributed by atoms with Gasteiger partial charge in [0.1, 0.15) is 6.61 Å². The minimum absolute atomic E-state index is 0.0909. The van der Waals surface area contributed by atoms with E-state index in [0.29, 0.717) is 5.56 Å². The van der Waals surface area contributed by atoms with Gasteiger partial charge in [-0.25, -0.2) is 13.2 Å². The van der Waals surface area contributed by atoms with E-state index in [1.54, 1.807) is 18.2 Å². The van der Waals surface area contributed by atoms with Gasteiger partial charge in [-0.15, -0.1) is 0 Å². The van der Waals surface area contributed by atoms with Crippen molar-refractivity contribution >= 4 is 21.8 Å². The predicted molar refractivity (Wildman–Crippen MR) is 91.6 cm³/mol. The van der Waals surface area contributed by atoms with Crippen LogP contribution in [0.5, 0.6) is 0 Å². The molecule has 0 amide bonds. The first kappa shape index (κ1) is 17.0. The standard InChI is InChI=1S/C18H17NO5S/c1-19-16(18(20)23-2)17(24-12-13-8-4-3-5-9-13)14-10-6-7-11-15(14)25(19,21)22/h3-11H,12H2,1-2H3. The van der Waals surface area contributed by atoms with Crippen molar-refractivity contribution in [2.45, 2.75) is 11.5 Å². The summed E-state index contributed by atoms with van der Waals surface area (Å²) in [4.78, 5) is 12.3. The Labute approximate surface area is 146 Å². The highest BCUT2D eigenvalue weighted by Crippen LogP contribution is 2.37. The molecule has 1 heterocycles. The van der Waals surface area contributed by atoms with E-state index in [0.717, 1.165) is 9.87 Å². The lowest BCUT2D eigenvalue weighted by molar-refractivity contribution is -0.137. The first-order valence-corrected chi connectivity index (χ1v) is 8.98. The van der Waals surface area contributed by atoms with Crippen LogP contribution in [0.2, 0.25) is 0 Å². The zero-order valence-electron chi connectivity index (χ0n) is 13.8. The van der Waals surface area contributed by atoms with E-state index >= 15 is 0 Å². The van der Waals surface area contributed by atoms with Gasteiger partial charge in [0.15, 0.2) is 11.5 Å². The van der Waals surface area contributed by atoms with Crippen molar-refractivity contribution in [2.24, 2.45) is 0 Å². The van der Waals surface area contributed by atoms with Gasteiger partial charge in [-0.05, 0) is 17.7 Å². The molecule has 0 aromatic heterocycles. The smallest absolute Gasteiger partial charge is 0.359 e. The van der Waals surface area contributed by atoms with Crippen LogP contribution in [0.1, 0.15) is 11.1 Å². The van der Waals surface area contributed by atoms with Crippen LogP contribution < -0.4 is 0 Å². The molecule has 130 valence electrons. The van der Waals surface area contributed by atoms with Crippen LogP contribution in [0.15, 0.2) is 65.2 Å². The summed E-state index contributed by atoms with van der Waals surface area (Å²) in [5.41, 5.74) is 1.10. The SMILES string of the molecule is COC(=O)C1=C(OCc2ccccc2)c2ccccc2S(=O)(=O)N1C. The van der Waals surface area contributed by atoms with Crippen LogP contribution >= 0.6 is 0 Å². The van der Waals surface area contributed by atoms with Gasteiger partial charge < -0.3 is 9.47 Å². The number of benzene rings is 2. The van der Waals surface area contributed by atoms with Crippen LogP contribution in [0.25, 0.3) is 5.76 Å². The van der Waals surface area contributed by atoms with Crippen LogP contribution in [-0.4, -0.2) is 32.8 Å². The van der Waals surface area contributed by atoms with Crippen LogP contribution in [-0.2, 0) is 30.9 Å². The molecule has 0 fully saturated rings. The number of carbonyl (C=O) groups excluding carboxylic acids is 1. The second kappa shape index (κ2) is 6.60. The number of hydrogen-bond acceptors (Lipinski definition) is 5. The Morgan fingerprint density at radius 3 is 2.36 bits per heavy atom. The molecule has 6 nitrogen and oxygen atoms in total. The van der Waals surface area contributed by atoms with E-state index in [1.807, 2.05) is 30.3 Å². The average Bonchev–Trinajstić information content (AvgIpc) is 2.64. The molecule has 0 aliphatic carbocycles. The molecular formula is C18H17NO5S. The molecule has 0 radical (unpaired) electrons. The molecule has 0 N–H and O–H groups in total. The van der Waals surface area contributed by atoms with Crippen molar-refractivity contribution in [3.63, 3.8) is 0 Å². The van der Waals surface area contributed by atoms with E-state index in [-0.39, 0.29) is 23.0 Å². The highest BCUT2D eigenvalue weighted by molar-refractivity contribution is 7.89. The van der Waals surface area contributed by atoms with E-state index in [4.69, 9.17) is 9.47 Å². The zero-order valence-corrected chi connectivity index (χ0v) is 14.6. The Morgan fingerprint density at radius 1 is 1.04 bits per heavy atom. The number of nitrogens with zero attached hydrogens (tertiary/aromatic N) is 1. The second-order valence-electron chi connectivity index (χ2n) is 5.41. The lowest BCUT2D eigenvalue weighted by atomic mass is 10.1. The number of rotatable bonds is 4. The summed E-state index contributed by atoms with van der Waals surface area (Å²) in [6, 6.07) is 15.8. The molecule has 0 unspecified atom stereocenters. The van der Waals surface area contributed by atoms with Gasteiger partial charge in [-0.2, -0.15) is 0 Å². The molecule has 0 saturated heterocycles. The lowest BCUT2D eigenvalue weighted by Crippen LogP contribution is -2.36. The van der Waals surface area contributed by atoms with Gasteiger partial charge in [0.05, 0.1) is 12.0 Å². The molecule has 7 heteroatoms. The zero-order chi connectivity index (χ0) is 18.0. The monoisotopic (exact) mass is 359 g/mol. The Kier molecular flexibility index (Phi) is 4.50. The van der Waals surface area contributed by atoms with Gasteiger partial charge >= 0.3 is 5.97 Å². The molecular weight excluding hydrogens is 342 g/mol. The summed E-state index contributed by atoms with van der Waals surface area (Å²) in [6.45, 7) is 0.193. The van der Waals surface area contributed by atoms with E-state index in [1.165, 1.54) is 20.2 Å². The summed E-state index contributed by atoms with van der Waals surface area (Å²) in [5.74, 6) is -0.590. The average molecular weight is 359 g/mol. The summed E-state index contributed by atoms with van der Waals surface area (Å²) in [6.07, 6.45) is 0. The maximum atomic E-state index is 12.7. The molecule has 0 bridgehead atoms. The number of ether oxygens (including phenoxy) is 2. The van der Waals surface area contributed by atoms with Crippen molar-refractivity contribution in [3.05, 3.63) is 71.4 Å². The minimum Gasteiger partial charge on any atom is -0.486 e. The Bertz CT molecular complexity index is 935. The number of methoxy groups -OCH3 is 1. The van der Waals surface area contributed by atoms with Crippen molar-refractivity contribution in [1.29, 1.82) is 0 Å². The molecule has 3 rings (SSSR count). The molecule has 0 saturated carbocycles. The number of fused-ring (bicyclic) bond motifs is 1. The fourth-order valence-electron chi connectivity index (χ4n) is 2.61. The van der Waals surface area contributed by atoms with Crippen molar-refractivity contribution in [1.82, 2.24) is 4.31 Å². The van der Waals surface area contributed by atoms with Gasteiger partial charge in [0.2, 0.25) is 0 Å². The third kappa shape index (κ3) is 2.98. The van der Waals surface area contributed by atoms with Gasteiger partial charge in [0, 0.05) is 12.6 Å². The number of sulfonamides is 1. The highest BCUT2D eigenvalue weighted by atomic mass is 32.2. The van der Waals surface area contributed by atoms with Crippen LogP contribution in [0, 0.1) is 0 Å². The van der Waals surface area contributed by atoms with E-state index < -0.39 is 16.0 Å². The summed E-state index contributed by atoms with van der Waals surface area (Å²) in [5, 5.41) is 0. The maximum absolute atomic E-state index is 12.7. The van der Waals surface area contributed by atoms with Crippen molar-refractivity contribution in [3.8, 4) is 0 Å². The molecule has 0 spiro atoms. The fourth-order valence-corrected chi connectivity index (χ4v) is 3.99. The summed E-state index contributed by atoms with van der Waals surface area (Å²) >= 11 is 0. The highest BCUT2D eigenvalue weighted by Gasteiger charge is 2.39. The van der Waals surface area contributed by atoms with Crippen molar-refractivity contribution in [2.75, 3.05) is 14.2 Å².